The molecule has 2 aromatic rings. The number of aromatic nitrogens is 2. The standard InChI is InChI=1S/C18H22N4OS2/c23-18(21-7-9-24-10-8-21)13-4-2-6-22(13)16-15-12-3-1-5-14(12)25-17(15)20-11-19-16/h11,13H,1-10H2. The Labute approximate surface area is 155 Å². The van der Waals surface area contributed by atoms with Gasteiger partial charge in [0.15, 0.2) is 0 Å². The average Bonchev–Trinajstić information content (AvgIpc) is 3.36. The van der Waals surface area contributed by atoms with Gasteiger partial charge in [0.1, 0.15) is 23.0 Å². The van der Waals surface area contributed by atoms with Gasteiger partial charge in [-0.2, -0.15) is 11.8 Å². The molecule has 1 unspecified atom stereocenters. The second kappa shape index (κ2) is 6.43. The molecular weight excluding hydrogens is 352 g/mol. The van der Waals surface area contributed by atoms with Gasteiger partial charge in [0.05, 0.1) is 5.39 Å². The Morgan fingerprint density at radius 2 is 2.00 bits per heavy atom. The fourth-order valence-corrected chi connectivity index (χ4v) is 6.53. The molecule has 0 spiro atoms. The van der Waals surface area contributed by atoms with E-state index in [0.717, 1.165) is 61.1 Å². The van der Waals surface area contributed by atoms with Crippen LogP contribution < -0.4 is 4.90 Å². The molecule has 2 fully saturated rings. The van der Waals surface area contributed by atoms with E-state index in [1.165, 1.54) is 28.7 Å². The molecule has 2 saturated heterocycles. The van der Waals surface area contributed by atoms with Gasteiger partial charge in [0, 0.05) is 36.0 Å². The molecule has 5 nitrogen and oxygen atoms in total. The van der Waals surface area contributed by atoms with Gasteiger partial charge >= 0.3 is 0 Å². The summed E-state index contributed by atoms with van der Waals surface area (Å²) in [7, 11) is 0. The van der Waals surface area contributed by atoms with Crippen molar-refractivity contribution in [2.75, 3.05) is 36.0 Å². The second-order valence-electron chi connectivity index (χ2n) is 7.02. The van der Waals surface area contributed by atoms with Crippen LogP contribution >= 0.6 is 23.1 Å². The fraction of sp³-hybridized carbons (Fsp3) is 0.611. The number of carbonyl (C=O) groups excluding carboxylic acids is 1. The molecule has 2 aromatic heterocycles. The molecule has 1 aliphatic carbocycles. The summed E-state index contributed by atoms with van der Waals surface area (Å²) < 4.78 is 0. The molecule has 0 radical (unpaired) electrons. The number of thioether (sulfide) groups is 1. The third-order valence-electron chi connectivity index (χ3n) is 5.61. The van der Waals surface area contributed by atoms with Gasteiger partial charge in [-0.15, -0.1) is 11.3 Å². The van der Waals surface area contributed by atoms with Crippen LogP contribution in [0.2, 0.25) is 0 Å². The van der Waals surface area contributed by atoms with Crippen molar-refractivity contribution in [3.05, 3.63) is 16.8 Å². The molecule has 1 amide bonds. The van der Waals surface area contributed by atoms with E-state index < -0.39 is 0 Å². The first-order chi connectivity index (χ1) is 12.3. The van der Waals surface area contributed by atoms with Gasteiger partial charge < -0.3 is 9.80 Å². The lowest BCUT2D eigenvalue weighted by atomic mass is 10.1. The topological polar surface area (TPSA) is 49.3 Å². The molecule has 3 aliphatic rings. The molecule has 25 heavy (non-hydrogen) atoms. The van der Waals surface area contributed by atoms with Crippen LogP contribution in [0.1, 0.15) is 29.7 Å². The zero-order chi connectivity index (χ0) is 16.8. The molecule has 0 N–H and O–H groups in total. The van der Waals surface area contributed by atoms with Crippen molar-refractivity contribution < 1.29 is 4.79 Å². The molecule has 1 atom stereocenters. The molecule has 5 rings (SSSR count). The number of hydrogen-bond donors (Lipinski definition) is 0. The van der Waals surface area contributed by atoms with Crippen LogP contribution in [0.4, 0.5) is 5.82 Å². The fourth-order valence-electron chi connectivity index (χ4n) is 4.40. The third kappa shape index (κ3) is 2.63. The van der Waals surface area contributed by atoms with E-state index in [1.807, 2.05) is 23.1 Å². The lowest BCUT2D eigenvalue weighted by molar-refractivity contribution is -0.132. The number of fused-ring (bicyclic) bond motifs is 3. The van der Waals surface area contributed by atoms with E-state index in [1.54, 1.807) is 6.33 Å². The van der Waals surface area contributed by atoms with Crippen LogP contribution in [0.5, 0.6) is 0 Å². The van der Waals surface area contributed by atoms with E-state index in [9.17, 15) is 4.79 Å². The van der Waals surface area contributed by atoms with E-state index in [-0.39, 0.29) is 6.04 Å². The number of aryl methyl sites for hydroxylation is 2. The lowest BCUT2D eigenvalue weighted by Gasteiger charge is -2.33. The Morgan fingerprint density at radius 3 is 2.88 bits per heavy atom. The Bertz CT molecular complexity index is 815. The van der Waals surface area contributed by atoms with Gasteiger partial charge in [-0.05, 0) is 37.7 Å². The summed E-state index contributed by atoms with van der Waals surface area (Å²) in [5.74, 6) is 3.44. The third-order valence-corrected chi connectivity index (χ3v) is 7.76. The van der Waals surface area contributed by atoms with E-state index in [4.69, 9.17) is 0 Å². The minimum Gasteiger partial charge on any atom is -0.344 e. The monoisotopic (exact) mass is 374 g/mol. The summed E-state index contributed by atoms with van der Waals surface area (Å²) in [6.45, 7) is 2.71. The van der Waals surface area contributed by atoms with Crippen LogP contribution in [-0.2, 0) is 17.6 Å². The molecule has 0 bridgehead atoms. The molecule has 0 saturated carbocycles. The number of nitrogens with zero attached hydrogens (tertiary/aromatic N) is 4. The zero-order valence-corrected chi connectivity index (χ0v) is 15.9. The van der Waals surface area contributed by atoms with Crippen molar-refractivity contribution in [1.29, 1.82) is 0 Å². The van der Waals surface area contributed by atoms with Crippen LogP contribution in [-0.4, -0.2) is 58.0 Å². The van der Waals surface area contributed by atoms with Crippen molar-refractivity contribution in [3.63, 3.8) is 0 Å². The Balaban J connectivity index is 1.51. The number of hydrogen-bond acceptors (Lipinski definition) is 6. The minimum absolute atomic E-state index is 0.0434. The summed E-state index contributed by atoms with van der Waals surface area (Å²) in [5.41, 5.74) is 1.45. The number of rotatable bonds is 2. The highest BCUT2D eigenvalue weighted by Crippen LogP contribution is 2.41. The van der Waals surface area contributed by atoms with E-state index in [2.05, 4.69) is 19.8 Å². The highest BCUT2D eigenvalue weighted by molar-refractivity contribution is 7.99. The van der Waals surface area contributed by atoms with Crippen molar-refractivity contribution in [2.24, 2.45) is 0 Å². The van der Waals surface area contributed by atoms with Crippen molar-refractivity contribution >= 4 is 45.0 Å². The predicted molar refractivity (Wildman–Crippen MR) is 104 cm³/mol. The number of amides is 1. The molecule has 7 heteroatoms. The predicted octanol–water partition coefficient (Wildman–Crippen LogP) is 2.72. The molecule has 132 valence electrons. The summed E-state index contributed by atoms with van der Waals surface area (Å²) in [5, 5.41) is 1.23. The number of thiophene rings is 1. The number of anilines is 1. The summed E-state index contributed by atoms with van der Waals surface area (Å²) >= 11 is 3.77. The van der Waals surface area contributed by atoms with Gasteiger partial charge in [-0.3, -0.25) is 4.79 Å². The van der Waals surface area contributed by atoms with Crippen LogP contribution in [0.15, 0.2) is 6.33 Å². The van der Waals surface area contributed by atoms with E-state index >= 15 is 0 Å². The van der Waals surface area contributed by atoms with Gasteiger partial charge in [0.2, 0.25) is 5.91 Å². The Hall–Kier alpha value is -1.34. The average molecular weight is 375 g/mol. The largest absolute Gasteiger partial charge is 0.344 e. The quantitative estimate of drug-likeness (QED) is 0.809. The lowest BCUT2D eigenvalue weighted by Crippen LogP contribution is -2.48. The summed E-state index contributed by atoms with van der Waals surface area (Å²) in [4.78, 5) is 29.2. The highest BCUT2D eigenvalue weighted by atomic mass is 32.2. The summed E-state index contributed by atoms with van der Waals surface area (Å²) in [6, 6.07) is -0.0434. The maximum atomic E-state index is 13.1. The van der Waals surface area contributed by atoms with Crippen molar-refractivity contribution in [3.8, 4) is 0 Å². The molecule has 2 aliphatic heterocycles. The normalized spacial score (nSPS) is 23.4. The summed E-state index contributed by atoms with van der Waals surface area (Å²) in [6.07, 6.45) is 7.23. The number of carbonyl (C=O) groups is 1. The van der Waals surface area contributed by atoms with Gasteiger partial charge in [-0.25, -0.2) is 9.97 Å². The molecule has 4 heterocycles. The first-order valence-corrected chi connectivity index (χ1v) is 11.2. The van der Waals surface area contributed by atoms with Crippen molar-refractivity contribution in [1.82, 2.24) is 14.9 Å². The Morgan fingerprint density at radius 1 is 1.12 bits per heavy atom. The maximum Gasteiger partial charge on any atom is 0.245 e. The van der Waals surface area contributed by atoms with Gasteiger partial charge in [0.25, 0.3) is 0 Å². The zero-order valence-electron chi connectivity index (χ0n) is 14.2. The second-order valence-corrected chi connectivity index (χ2v) is 9.33. The minimum atomic E-state index is -0.0434. The molecular formula is C18H22N4OS2. The first kappa shape index (κ1) is 15.9. The first-order valence-electron chi connectivity index (χ1n) is 9.21. The maximum absolute atomic E-state index is 13.1. The van der Waals surface area contributed by atoms with Crippen LogP contribution in [0, 0.1) is 0 Å². The van der Waals surface area contributed by atoms with Crippen LogP contribution in [0.3, 0.4) is 0 Å². The smallest absolute Gasteiger partial charge is 0.245 e. The van der Waals surface area contributed by atoms with Crippen LogP contribution in [0.25, 0.3) is 10.2 Å². The van der Waals surface area contributed by atoms with E-state index in [0.29, 0.717) is 5.91 Å². The Kier molecular flexibility index (Phi) is 4.08. The highest BCUT2D eigenvalue weighted by Gasteiger charge is 2.36. The SMILES string of the molecule is O=C(C1CCCN1c1ncnc2sc3c(c12)CCC3)N1CCSCC1. The van der Waals surface area contributed by atoms with Gasteiger partial charge in [-0.1, -0.05) is 0 Å². The van der Waals surface area contributed by atoms with Crippen molar-refractivity contribution in [2.45, 2.75) is 38.1 Å². The molecule has 0 aromatic carbocycles.